The van der Waals surface area contributed by atoms with Gasteiger partial charge in [0.15, 0.2) is 0 Å². The maximum Gasteiger partial charge on any atom is 0.133 e. The first kappa shape index (κ1) is 22.4. The fourth-order valence-corrected chi connectivity index (χ4v) is 3.99. The summed E-state index contributed by atoms with van der Waals surface area (Å²) in [6, 6.07) is 14.0. The molecule has 0 heterocycles. The molecule has 28 heavy (non-hydrogen) atoms. The van der Waals surface area contributed by atoms with E-state index in [1.54, 1.807) is 11.8 Å². The van der Waals surface area contributed by atoms with Crippen molar-refractivity contribution < 1.29 is 4.74 Å². The molecule has 0 aliphatic carbocycles. The Morgan fingerprint density at radius 3 is 2.29 bits per heavy atom. The monoisotopic (exact) mass is 401 g/mol. The van der Waals surface area contributed by atoms with Crippen LogP contribution < -0.4 is 16.2 Å². The largest absolute Gasteiger partial charge is 0.488 e. The van der Waals surface area contributed by atoms with Gasteiger partial charge < -0.3 is 16.2 Å². The molecule has 154 valence electrons. The highest BCUT2D eigenvalue weighted by atomic mass is 32.2. The zero-order chi connectivity index (χ0) is 20.4. The normalized spacial score (nSPS) is 12.3. The number of benzene rings is 2. The Morgan fingerprint density at radius 2 is 1.64 bits per heavy atom. The van der Waals surface area contributed by atoms with E-state index in [1.807, 2.05) is 36.4 Å². The van der Waals surface area contributed by atoms with Crippen LogP contribution in [0.25, 0.3) is 0 Å². The second-order valence-corrected chi connectivity index (χ2v) is 8.39. The van der Waals surface area contributed by atoms with Crippen LogP contribution in [0.1, 0.15) is 46.5 Å². The van der Waals surface area contributed by atoms with Crippen molar-refractivity contribution in [3.8, 4) is 5.75 Å². The molecule has 0 bridgehead atoms. The van der Waals surface area contributed by atoms with Gasteiger partial charge in [0, 0.05) is 11.4 Å². The van der Waals surface area contributed by atoms with Crippen LogP contribution in [0.3, 0.4) is 0 Å². The highest BCUT2D eigenvalue weighted by molar-refractivity contribution is 7.99. The summed E-state index contributed by atoms with van der Waals surface area (Å²) in [6.45, 7) is 9.89. The third-order valence-electron chi connectivity index (χ3n) is 4.63. The minimum atomic E-state index is 0.131. The first-order valence-electron chi connectivity index (χ1n) is 10.3. The van der Waals surface area contributed by atoms with E-state index in [-0.39, 0.29) is 6.10 Å². The maximum atomic E-state index is 6.34. The van der Waals surface area contributed by atoms with Gasteiger partial charge in [-0.2, -0.15) is 0 Å². The van der Waals surface area contributed by atoms with Crippen molar-refractivity contribution in [3.63, 3.8) is 0 Å². The summed E-state index contributed by atoms with van der Waals surface area (Å²) in [5, 5.41) is 0. The van der Waals surface area contributed by atoms with Crippen LogP contribution in [0.15, 0.2) is 52.3 Å². The van der Waals surface area contributed by atoms with Gasteiger partial charge in [-0.1, -0.05) is 50.6 Å². The number of nitrogens with two attached hydrogens (primary N) is 2. The molecule has 1 unspecified atom stereocenters. The summed E-state index contributed by atoms with van der Waals surface area (Å²) in [4.78, 5) is 4.68. The van der Waals surface area contributed by atoms with Crippen LogP contribution >= 0.6 is 11.8 Å². The molecule has 2 aromatic carbocycles. The van der Waals surface area contributed by atoms with Crippen molar-refractivity contribution in [2.24, 2.45) is 0 Å². The van der Waals surface area contributed by atoms with Gasteiger partial charge in [0.2, 0.25) is 0 Å². The fourth-order valence-electron chi connectivity index (χ4n) is 3.05. The van der Waals surface area contributed by atoms with E-state index in [9.17, 15) is 0 Å². The standard InChI is InChI=1S/C23H35N3OS/c1-4-6-14-26(15-7-5-2)17-18(3)27-22-10-8-9-11-23(22)28-19-12-13-20(24)21(25)16-19/h8-13,16,18H,4-7,14-15,17,24-25H2,1-3H3. The van der Waals surface area contributed by atoms with Crippen LogP contribution in [-0.4, -0.2) is 30.6 Å². The lowest BCUT2D eigenvalue weighted by Gasteiger charge is -2.26. The first-order valence-corrected chi connectivity index (χ1v) is 11.2. The Bertz CT molecular complexity index is 715. The van der Waals surface area contributed by atoms with Crippen molar-refractivity contribution in [1.82, 2.24) is 4.90 Å². The molecule has 0 spiro atoms. The van der Waals surface area contributed by atoms with E-state index >= 15 is 0 Å². The number of ether oxygens (including phenoxy) is 1. The van der Waals surface area contributed by atoms with Crippen LogP contribution in [-0.2, 0) is 0 Å². The summed E-state index contributed by atoms with van der Waals surface area (Å²) < 4.78 is 6.34. The van der Waals surface area contributed by atoms with E-state index in [2.05, 4.69) is 31.7 Å². The topological polar surface area (TPSA) is 64.5 Å². The van der Waals surface area contributed by atoms with Crippen molar-refractivity contribution in [2.75, 3.05) is 31.1 Å². The molecule has 1 atom stereocenters. The molecule has 2 rings (SSSR count). The summed E-state index contributed by atoms with van der Waals surface area (Å²) in [6.07, 6.45) is 5.06. The number of hydrogen-bond acceptors (Lipinski definition) is 5. The lowest BCUT2D eigenvalue weighted by Crippen LogP contribution is -2.35. The predicted molar refractivity (Wildman–Crippen MR) is 122 cm³/mol. The third-order valence-corrected chi connectivity index (χ3v) is 5.68. The number of rotatable bonds is 12. The zero-order valence-corrected chi connectivity index (χ0v) is 18.3. The molecule has 0 fully saturated rings. The highest BCUT2D eigenvalue weighted by Crippen LogP contribution is 2.36. The number of anilines is 2. The molecule has 0 amide bonds. The first-order chi connectivity index (χ1) is 13.5. The molecular weight excluding hydrogens is 366 g/mol. The zero-order valence-electron chi connectivity index (χ0n) is 17.5. The van der Waals surface area contributed by atoms with E-state index in [0.717, 1.165) is 35.2 Å². The molecular formula is C23H35N3OS. The molecule has 0 aliphatic heterocycles. The smallest absolute Gasteiger partial charge is 0.133 e. The van der Waals surface area contributed by atoms with Gasteiger partial charge in [-0.05, 0) is 63.2 Å². The Morgan fingerprint density at radius 1 is 0.964 bits per heavy atom. The fraction of sp³-hybridized carbons (Fsp3) is 0.478. The van der Waals surface area contributed by atoms with Gasteiger partial charge >= 0.3 is 0 Å². The average Bonchev–Trinajstić information content (AvgIpc) is 2.68. The van der Waals surface area contributed by atoms with Crippen LogP contribution in [0.4, 0.5) is 11.4 Å². The summed E-state index contributed by atoms with van der Waals surface area (Å²) in [5.41, 5.74) is 13.0. The van der Waals surface area contributed by atoms with Crippen LogP contribution in [0, 0.1) is 0 Å². The lowest BCUT2D eigenvalue weighted by atomic mass is 10.2. The molecule has 0 aliphatic rings. The van der Waals surface area contributed by atoms with Gasteiger partial charge in [-0.25, -0.2) is 0 Å². The predicted octanol–water partition coefficient (Wildman–Crippen LogP) is 5.67. The average molecular weight is 402 g/mol. The van der Waals surface area contributed by atoms with Crippen molar-refractivity contribution in [3.05, 3.63) is 42.5 Å². The van der Waals surface area contributed by atoms with Crippen LogP contribution in [0.5, 0.6) is 5.75 Å². The van der Waals surface area contributed by atoms with Gasteiger partial charge in [-0.15, -0.1) is 0 Å². The molecule has 0 aromatic heterocycles. The van der Waals surface area contributed by atoms with Gasteiger partial charge in [0.25, 0.3) is 0 Å². The Balaban J connectivity index is 2.03. The van der Waals surface area contributed by atoms with Crippen molar-refractivity contribution in [1.29, 1.82) is 0 Å². The van der Waals surface area contributed by atoms with E-state index in [1.165, 1.54) is 25.7 Å². The number of para-hydroxylation sites is 1. The molecule has 5 heteroatoms. The van der Waals surface area contributed by atoms with E-state index in [4.69, 9.17) is 16.2 Å². The van der Waals surface area contributed by atoms with E-state index in [0.29, 0.717) is 11.4 Å². The summed E-state index contributed by atoms with van der Waals surface area (Å²) in [7, 11) is 0. The number of nitrogen functional groups attached to an aromatic ring is 2. The van der Waals surface area contributed by atoms with Crippen LogP contribution in [0.2, 0.25) is 0 Å². The van der Waals surface area contributed by atoms with Gasteiger partial charge in [0.1, 0.15) is 11.9 Å². The molecule has 0 radical (unpaired) electrons. The summed E-state index contributed by atoms with van der Waals surface area (Å²) >= 11 is 1.65. The third kappa shape index (κ3) is 7.28. The Hall–Kier alpha value is -1.85. The van der Waals surface area contributed by atoms with Crippen molar-refractivity contribution >= 4 is 23.1 Å². The molecule has 4 N–H and O–H groups in total. The Kier molecular flexibility index (Phi) is 9.51. The number of hydrogen-bond donors (Lipinski definition) is 2. The van der Waals surface area contributed by atoms with Gasteiger partial charge in [-0.3, -0.25) is 4.90 Å². The van der Waals surface area contributed by atoms with Crippen molar-refractivity contribution in [2.45, 2.75) is 62.3 Å². The second kappa shape index (κ2) is 11.9. The number of nitrogens with zero attached hydrogens (tertiary/aromatic N) is 1. The number of unbranched alkanes of at least 4 members (excludes halogenated alkanes) is 2. The molecule has 0 saturated heterocycles. The molecule has 0 saturated carbocycles. The SMILES string of the molecule is CCCCN(CCCC)CC(C)Oc1ccccc1Sc1ccc(N)c(N)c1. The molecule has 4 nitrogen and oxygen atoms in total. The molecule has 2 aromatic rings. The Labute approximate surface area is 174 Å². The minimum absolute atomic E-state index is 0.131. The van der Waals surface area contributed by atoms with Gasteiger partial charge in [0.05, 0.1) is 16.3 Å². The minimum Gasteiger partial charge on any atom is -0.488 e. The van der Waals surface area contributed by atoms with E-state index < -0.39 is 0 Å². The second-order valence-electron chi connectivity index (χ2n) is 7.28. The lowest BCUT2D eigenvalue weighted by molar-refractivity contribution is 0.140. The quantitative estimate of drug-likeness (QED) is 0.449. The summed E-state index contributed by atoms with van der Waals surface area (Å²) in [5.74, 6) is 0.918. The highest BCUT2D eigenvalue weighted by Gasteiger charge is 2.14. The maximum absolute atomic E-state index is 6.34.